The number of nitrogens with zero attached hydrogens (tertiary/aromatic N) is 1. The molecule has 2 N–H and O–H groups in total. The van der Waals surface area contributed by atoms with Gasteiger partial charge < -0.3 is 20.3 Å². The monoisotopic (exact) mass is 363 g/mol. The number of hydrogen-bond donors (Lipinski definition) is 2. The standard InChI is InChI=1S/C16H25N3O2.2ClH/c1-19(2)9-7-13-3-5-14(6-4-13)18-16(20)11-15-12-21-10-8-17-15;;/h3-6,15,17H,7-12H2,1-2H3,(H,18,20);2*1H. The van der Waals surface area contributed by atoms with Gasteiger partial charge in [-0.05, 0) is 38.2 Å². The summed E-state index contributed by atoms with van der Waals surface area (Å²) >= 11 is 0. The minimum atomic E-state index is 0. The summed E-state index contributed by atoms with van der Waals surface area (Å²) in [6, 6.07) is 8.20. The molecular formula is C16H27Cl2N3O2. The second-order valence-corrected chi connectivity index (χ2v) is 5.73. The number of nitrogens with one attached hydrogen (secondary N) is 2. The fourth-order valence-electron chi connectivity index (χ4n) is 2.29. The predicted octanol–water partition coefficient (Wildman–Crippen LogP) is 1.95. The van der Waals surface area contributed by atoms with Gasteiger partial charge in [0.25, 0.3) is 0 Å². The number of halogens is 2. The second-order valence-electron chi connectivity index (χ2n) is 5.73. The Morgan fingerprint density at radius 2 is 2.00 bits per heavy atom. The summed E-state index contributed by atoms with van der Waals surface area (Å²) in [7, 11) is 4.13. The number of likely N-dealkylation sites (N-methyl/N-ethyl adjacent to an activating group) is 1. The Hall–Kier alpha value is -0.850. The Labute approximate surface area is 151 Å². The molecule has 0 saturated carbocycles. The number of carbonyl (C=O) groups excluding carboxylic acids is 1. The van der Waals surface area contributed by atoms with Crippen molar-refractivity contribution in [3.8, 4) is 0 Å². The highest BCUT2D eigenvalue weighted by Crippen LogP contribution is 2.11. The van der Waals surface area contributed by atoms with Gasteiger partial charge in [-0.1, -0.05) is 12.1 Å². The molecule has 1 saturated heterocycles. The zero-order chi connectivity index (χ0) is 15.1. The lowest BCUT2D eigenvalue weighted by molar-refractivity contribution is -0.117. The van der Waals surface area contributed by atoms with Gasteiger partial charge in [-0.15, -0.1) is 24.8 Å². The minimum Gasteiger partial charge on any atom is -0.378 e. The van der Waals surface area contributed by atoms with Gasteiger partial charge in [0.2, 0.25) is 5.91 Å². The molecule has 0 aromatic heterocycles. The number of ether oxygens (including phenoxy) is 1. The average Bonchev–Trinajstić information content (AvgIpc) is 2.47. The van der Waals surface area contributed by atoms with Gasteiger partial charge in [0.05, 0.1) is 13.2 Å². The summed E-state index contributed by atoms with van der Waals surface area (Å²) < 4.78 is 5.35. The van der Waals surface area contributed by atoms with E-state index in [0.717, 1.165) is 31.8 Å². The first-order valence-electron chi connectivity index (χ1n) is 7.48. The first-order valence-corrected chi connectivity index (χ1v) is 7.48. The largest absolute Gasteiger partial charge is 0.378 e. The number of benzene rings is 1. The van der Waals surface area contributed by atoms with Crippen LogP contribution in [-0.4, -0.2) is 57.2 Å². The van der Waals surface area contributed by atoms with Gasteiger partial charge in [0.1, 0.15) is 0 Å². The van der Waals surface area contributed by atoms with Crippen LogP contribution in [0.3, 0.4) is 0 Å². The van der Waals surface area contributed by atoms with Crippen LogP contribution in [-0.2, 0) is 16.0 Å². The number of hydrogen-bond acceptors (Lipinski definition) is 4. The molecule has 0 spiro atoms. The molecule has 0 radical (unpaired) electrons. The Bertz CT molecular complexity index is 449. The van der Waals surface area contributed by atoms with E-state index < -0.39 is 0 Å². The molecule has 1 amide bonds. The van der Waals surface area contributed by atoms with Crippen molar-refractivity contribution in [3.05, 3.63) is 29.8 Å². The van der Waals surface area contributed by atoms with Crippen LogP contribution in [0.25, 0.3) is 0 Å². The fourth-order valence-corrected chi connectivity index (χ4v) is 2.29. The van der Waals surface area contributed by atoms with E-state index in [2.05, 4.69) is 41.8 Å². The van der Waals surface area contributed by atoms with Gasteiger partial charge >= 0.3 is 0 Å². The van der Waals surface area contributed by atoms with Gasteiger partial charge in [0.15, 0.2) is 0 Å². The molecule has 23 heavy (non-hydrogen) atoms. The third-order valence-electron chi connectivity index (χ3n) is 3.52. The van der Waals surface area contributed by atoms with E-state index in [9.17, 15) is 4.79 Å². The van der Waals surface area contributed by atoms with E-state index in [4.69, 9.17) is 4.74 Å². The van der Waals surface area contributed by atoms with Crippen molar-refractivity contribution in [1.82, 2.24) is 10.2 Å². The van der Waals surface area contributed by atoms with Crippen LogP contribution in [0.5, 0.6) is 0 Å². The van der Waals surface area contributed by atoms with Gasteiger partial charge in [-0.3, -0.25) is 4.79 Å². The Morgan fingerprint density at radius 3 is 2.57 bits per heavy atom. The summed E-state index contributed by atoms with van der Waals surface area (Å²) in [5.41, 5.74) is 2.13. The summed E-state index contributed by atoms with van der Waals surface area (Å²) in [6.07, 6.45) is 1.47. The lowest BCUT2D eigenvalue weighted by atomic mass is 10.1. The van der Waals surface area contributed by atoms with E-state index in [1.54, 1.807) is 0 Å². The molecule has 1 fully saturated rings. The van der Waals surface area contributed by atoms with Gasteiger partial charge in [-0.2, -0.15) is 0 Å². The molecule has 7 heteroatoms. The zero-order valence-electron chi connectivity index (χ0n) is 13.7. The number of amides is 1. The van der Waals surface area contributed by atoms with Crippen molar-refractivity contribution in [2.75, 3.05) is 45.7 Å². The van der Waals surface area contributed by atoms with Crippen LogP contribution in [0.4, 0.5) is 5.69 Å². The molecule has 2 rings (SSSR count). The van der Waals surface area contributed by atoms with Crippen molar-refractivity contribution < 1.29 is 9.53 Å². The van der Waals surface area contributed by atoms with Gasteiger partial charge in [0, 0.05) is 31.2 Å². The highest BCUT2D eigenvalue weighted by Gasteiger charge is 2.16. The number of carbonyl (C=O) groups is 1. The molecule has 5 nitrogen and oxygen atoms in total. The third-order valence-corrected chi connectivity index (χ3v) is 3.52. The molecule has 0 aliphatic carbocycles. The van der Waals surface area contributed by atoms with Crippen LogP contribution in [0, 0.1) is 0 Å². The van der Waals surface area contributed by atoms with Crippen LogP contribution in [0.2, 0.25) is 0 Å². The summed E-state index contributed by atoms with van der Waals surface area (Å²) in [5, 5.41) is 6.22. The molecule has 1 aromatic carbocycles. The maximum absolute atomic E-state index is 12.0. The number of rotatable bonds is 6. The van der Waals surface area contributed by atoms with E-state index in [-0.39, 0.29) is 36.8 Å². The zero-order valence-corrected chi connectivity index (χ0v) is 15.3. The van der Waals surface area contributed by atoms with Crippen LogP contribution < -0.4 is 10.6 Å². The Balaban J connectivity index is 0.00000242. The first kappa shape index (κ1) is 22.1. The van der Waals surface area contributed by atoms with Crippen molar-refractivity contribution in [2.24, 2.45) is 0 Å². The molecule has 1 heterocycles. The molecule has 0 bridgehead atoms. The highest BCUT2D eigenvalue weighted by molar-refractivity contribution is 5.91. The molecule has 1 aromatic rings. The van der Waals surface area contributed by atoms with Crippen LogP contribution >= 0.6 is 24.8 Å². The molecule has 1 aliphatic rings. The maximum atomic E-state index is 12.0. The quantitative estimate of drug-likeness (QED) is 0.810. The molecule has 1 aliphatic heterocycles. The van der Waals surface area contributed by atoms with E-state index in [1.807, 2.05) is 12.1 Å². The smallest absolute Gasteiger partial charge is 0.226 e. The van der Waals surface area contributed by atoms with Crippen LogP contribution in [0.15, 0.2) is 24.3 Å². The van der Waals surface area contributed by atoms with E-state index >= 15 is 0 Å². The molecule has 132 valence electrons. The summed E-state index contributed by atoms with van der Waals surface area (Å²) in [5.74, 6) is 0.0269. The number of morpholine rings is 1. The normalized spacial score (nSPS) is 17.1. The predicted molar refractivity (Wildman–Crippen MR) is 99.1 cm³/mol. The molecule has 1 atom stereocenters. The van der Waals surface area contributed by atoms with Crippen molar-refractivity contribution >= 4 is 36.4 Å². The van der Waals surface area contributed by atoms with E-state index in [0.29, 0.717) is 13.0 Å². The lowest BCUT2D eigenvalue weighted by Gasteiger charge is -2.23. The van der Waals surface area contributed by atoms with Crippen molar-refractivity contribution in [2.45, 2.75) is 18.9 Å². The average molecular weight is 364 g/mol. The summed E-state index contributed by atoms with van der Waals surface area (Å²) in [4.78, 5) is 14.1. The number of anilines is 1. The Kier molecular flexibility index (Phi) is 11.2. The van der Waals surface area contributed by atoms with Crippen LogP contribution in [0.1, 0.15) is 12.0 Å². The minimum absolute atomic E-state index is 0. The third kappa shape index (κ3) is 8.53. The molecular weight excluding hydrogens is 337 g/mol. The SMILES string of the molecule is CN(C)CCc1ccc(NC(=O)CC2COCCN2)cc1.Cl.Cl. The summed E-state index contributed by atoms with van der Waals surface area (Å²) in [6.45, 7) is 3.18. The Morgan fingerprint density at radius 1 is 1.30 bits per heavy atom. The second kappa shape index (κ2) is 11.6. The van der Waals surface area contributed by atoms with Gasteiger partial charge in [-0.25, -0.2) is 0 Å². The molecule has 1 unspecified atom stereocenters. The fraction of sp³-hybridized carbons (Fsp3) is 0.562. The first-order chi connectivity index (χ1) is 10.1. The topological polar surface area (TPSA) is 53.6 Å². The highest BCUT2D eigenvalue weighted by atomic mass is 35.5. The van der Waals surface area contributed by atoms with Crippen molar-refractivity contribution in [1.29, 1.82) is 0 Å². The lowest BCUT2D eigenvalue weighted by Crippen LogP contribution is -2.43. The van der Waals surface area contributed by atoms with Crippen molar-refractivity contribution in [3.63, 3.8) is 0 Å². The maximum Gasteiger partial charge on any atom is 0.226 e. The van der Waals surface area contributed by atoms with E-state index in [1.165, 1.54) is 5.56 Å².